The summed E-state index contributed by atoms with van der Waals surface area (Å²) in [5, 5.41) is 13.1. The van der Waals surface area contributed by atoms with Gasteiger partial charge in [-0.25, -0.2) is 9.97 Å². The molecule has 5 nitrogen and oxygen atoms in total. The molecule has 4 aromatic rings. The van der Waals surface area contributed by atoms with Crippen LogP contribution in [0.25, 0.3) is 0 Å². The van der Waals surface area contributed by atoms with Crippen molar-refractivity contribution in [3.05, 3.63) is 111 Å². The van der Waals surface area contributed by atoms with Crippen molar-refractivity contribution >= 4 is 22.9 Å². The van der Waals surface area contributed by atoms with Crippen molar-refractivity contribution < 1.29 is 9.90 Å². The van der Waals surface area contributed by atoms with E-state index in [4.69, 9.17) is 0 Å². The molecule has 3 atom stereocenters. The van der Waals surface area contributed by atoms with Gasteiger partial charge in [0.05, 0.1) is 10.4 Å². The first kappa shape index (κ1) is 24.3. The number of aliphatic hydroxyl groups excluding tert-OH is 1. The molecular weight excluding hydrogens is 466 g/mol. The fraction of sp³-hybridized carbons (Fsp3) is 0.300. The average molecular weight is 498 g/mol. The van der Waals surface area contributed by atoms with Gasteiger partial charge in [-0.1, -0.05) is 67.6 Å². The van der Waals surface area contributed by atoms with Crippen LogP contribution in [0.3, 0.4) is 0 Å². The van der Waals surface area contributed by atoms with Gasteiger partial charge < -0.3 is 10.4 Å². The highest BCUT2D eigenvalue weighted by Crippen LogP contribution is 2.34. The highest BCUT2D eigenvalue weighted by molar-refractivity contribution is 7.14. The van der Waals surface area contributed by atoms with Gasteiger partial charge in [0.25, 0.3) is 0 Å². The Hall–Kier alpha value is -3.35. The first-order valence-corrected chi connectivity index (χ1v) is 13.3. The molecule has 5 rings (SSSR count). The van der Waals surface area contributed by atoms with Crippen molar-refractivity contribution in [3.63, 3.8) is 0 Å². The first-order valence-electron chi connectivity index (χ1n) is 12.5. The third-order valence-electron chi connectivity index (χ3n) is 7.15. The number of carbonyl (C=O) groups is 1. The Morgan fingerprint density at radius 1 is 1.03 bits per heavy atom. The van der Waals surface area contributed by atoms with Gasteiger partial charge in [-0.15, -0.1) is 11.3 Å². The van der Waals surface area contributed by atoms with Gasteiger partial charge in [-0.2, -0.15) is 0 Å². The molecule has 1 fully saturated rings. The van der Waals surface area contributed by atoms with Crippen molar-refractivity contribution in [2.24, 2.45) is 11.8 Å². The average Bonchev–Trinajstić information content (AvgIpc) is 3.47. The van der Waals surface area contributed by atoms with Gasteiger partial charge in [0.2, 0.25) is 5.78 Å². The molecule has 184 valence electrons. The molecule has 0 aliphatic heterocycles. The van der Waals surface area contributed by atoms with Crippen LogP contribution in [-0.2, 0) is 12.8 Å². The third kappa shape index (κ3) is 5.55. The van der Waals surface area contributed by atoms with Crippen molar-refractivity contribution in [1.82, 2.24) is 9.97 Å². The number of ketones is 1. The van der Waals surface area contributed by atoms with E-state index < -0.39 is 0 Å². The van der Waals surface area contributed by atoms with Crippen LogP contribution in [0, 0.1) is 11.8 Å². The Morgan fingerprint density at radius 2 is 1.72 bits per heavy atom. The predicted octanol–water partition coefficient (Wildman–Crippen LogP) is 5.77. The minimum Gasteiger partial charge on any atom is -0.396 e. The Morgan fingerprint density at radius 3 is 2.39 bits per heavy atom. The molecule has 6 heteroatoms. The zero-order valence-corrected chi connectivity index (χ0v) is 21.2. The number of aromatic nitrogens is 2. The van der Waals surface area contributed by atoms with Gasteiger partial charge >= 0.3 is 0 Å². The first-order chi connectivity index (χ1) is 17.6. The van der Waals surface area contributed by atoms with Crippen molar-refractivity contribution in [1.29, 1.82) is 0 Å². The molecule has 2 N–H and O–H groups in total. The number of anilines is 1. The molecule has 2 heterocycles. The summed E-state index contributed by atoms with van der Waals surface area (Å²) in [6.45, 7) is 2.36. The van der Waals surface area contributed by atoms with Crippen molar-refractivity contribution in [2.45, 2.75) is 38.6 Å². The number of nitrogens with zero attached hydrogens (tertiary/aromatic N) is 2. The molecule has 0 bridgehead atoms. The van der Waals surface area contributed by atoms with E-state index in [1.807, 2.05) is 12.1 Å². The lowest BCUT2D eigenvalue weighted by atomic mass is 10.00. The van der Waals surface area contributed by atoms with E-state index in [9.17, 15) is 9.90 Å². The van der Waals surface area contributed by atoms with E-state index >= 15 is 0 Å². The Kier molecular flexibility index (Phi) is 7.54. The van der Waals surface area contributed by atoms with Crippen LogP contribution in [0.4, 0.5) is 5.82 Å². The van der Waals surface area contributed by atoms with Gasteiger partial charge in [0.15, 0.2) is 0 Å². The van der Waals surface area contributed by atoms with Gasteiger partial charge in [0.1, 0.15) is 12.1 Å². The summed E-state index contributed by atoms with van der Waals surface area (Å²) >= 11 is 1.57. The number of benzene rings is 2. The maximum absolute atomic E-state index is 13.7. The predicted molar refractivity (Wildman–Crippen MR) is 145 cm³/mol. The van der Waals surface area contributed by atoms with E-state index in [2.05, 4.69) is 76.8 Å². The third-order valence-corrected chi connectivity index (χ3v) is 8.32. The molecule has 2 aromatic carbocycles. The molecule has 1 aliphatic carbocycles. The zero-order chi connectivity index (χ0) is 24.9. The second-order valence-corrected chi connectivity index (χ2v) is 10.9. The second kappa shape index (κ2) is 11.1. The molecule has 1 saturated carbocycles. The highest BCUT2D eigenvalue weighted by atomic mass is 32.1. The number of aliphatic hydroxyl groups is 1. The Labute approximate surface area is 216 Å². The molecule has 0 amide bonds. The summed E-state index contributed by atoms with van der Waals surface area (Å²) in [5.41, 5.74) is 4.13. The monoisotopic (exact) mass is 497 g/mol. The maximum atomic E-state index is 13.7. The summed E-state index contributed by atoms with van der Waals surface area (Å²) in [6, 6.07) is 23.0. The van der Waals surface area contributed by atoms with Crippen molar-refractivity contribution in [3.8, 4) is 0 Å². The molecule has 36 heavy (non-hydrogen) atoms. The van der Waals surface area contributed by atoms with E-state index in [0.717, 1.165) is 25.7 Å². The normalized spacial score (nSPS) is 19.3. The smallest absolute Gasteiger partial charge is 0.208 e. The highest BCUT2D eigenvalue weighted by Gasteiger charge is 2.32. The molecule has 0 radical (unpaired) electrons. The number of hydrogen-bond donors (Lipinski definition) is 2. The summed E-state index contributed by atoms with van der Waals surface area (Å²) in [4.78, 5) is 24.3. The lowest BCUT2D eigenvalue weighted by Crippen LogP contribution is -2.19. The molecule has 2 aromatic heterocycles. The van der Waals surface area contributed by atoms with Gasteiger partial charge in [-0.05, 0) is 53.9 Å². The number of hydrogen-bond acceptors (Lipinski definition) is 6. The van der Waals surface area contributed by atoms with Crippen LogP contribution >= 0.6 is 11.3 Å². The lowest BCUT2D eigenvalue weighted by molar-refractivity contribution is 0.104. The summed E-state index contributed by atoms with van der Waals surface area (Å²) in [7, 11) is 0. The Bertz CT molecular complexity index is 1250. The van der Waals surface area contributed by atoms with Crippen LogP contribution < -0.4 is 5.32 Å². The molecule has 0 spiro atoms. The van der Waals surface area contributed by atoms with Crippen LogP contribution in [0.2, 0.25) is 0 Å². The minimum atomic E-state index is -0.0542. The quantitative estimate of drug-likeness (QED) is 0.287. The molecule has 0 saturated heterocycles. The topological polar surface area (TPSA) is 75.1 Å². The van der Waals surface area contributed by atoms with Crippen LogP contribution in [0.1, 0.15) is 56.6 Å². The number of rotatable bonds is 9. The number of thiophene rings is 1. The molecule has 0 unspecified atom stereocenters. The molecular formula is C30H31N3O2S. The van der Waals surface area contributed by atoms with Crippen LogP contribution in [-0.4, -0.2) is 33.5 Å². The summed E-state index contributed by atoms with van der Waals surface area (Å²) in [5.74, 6) is 1.24. The number of nitrogens with one attached hydrogen (secondary N) is 1. The van der Waals surface area contributed by atoms with E-state index in [1.165, 1.54) is 27.9 Å². The maximum Gasteiger partial charge on any atom is 0.208 e. The summed E-state index contributed by atoms with van der Waals surface area (Å²) in [6.07, 6.45) is 6.50. The largest absolute Gasteiger partial charge is 0.396 e. The Balaban J connectivity index is 1.43. The standard InChI is InChI=1S/C30H31N3O2S/c1-20-12-25(15-24(20)18-34)33-30-26(17-31-19-32-30)29(35)28-16-23(13-21-8-4-2-5-9-21)27(36-28)14-22-10-6-3-7-11-22/h2-11,16-17,19-20,24-25,34H,12-15,18H2,1H3,(H,31,32,33)/t20-,24+,25-/m0/s1. The fourth-order valence-corrected chi connectivity index (χ4v) is 6.29. The second-order valence-electron chi connectivity index (χ2n) is 9.73. The lowest BCUT2D eigenvalue weighted by Gasteiger charge is -2.15. The van der Waals surface area contributed by atoms with Gasteiger partial charge in [0, 0.05) is 30.1 Å². The van der Waals surface area contributed by atoms with E-state index in [0.29, 0.717) is 22.2 Å². The van der Waals surface area contributed by atoms with Crippen LogP contribution in [0.5, 0.6) is 0 Å². The SMILES string of the molecule is C[C@H]1C[C@H](Nc2ncncc2C(=O)c2cc(Cc3ccccc3)c(Cc3ccccc3)s2)C[C@@H]1CO. The minimum absolute atomic E-state index is 0.0542. The van der Waals surface area contributed by atoms with Crippen LogP contribution in [0.15, 0.2) is 79.3 Å². The van der Waals surface area contributed by atoms with E-state index in [-0.39, 0.29) is 24.3 Å². The van der Waals surface area contributed by atoms with E-state index in [1.54, 1.807) is 17.5 Å². The van der Waals surface area contributed by atoms with Gasteiger partial charge in [-0.3, -0.25) is 4.79 Å². The summed E-state index contributed by atoms with van der Waals surface area (Å²) < 4.78 is 0. The zero-order valence-electron chi connectivity index (χ0n) is 20.4. The van der Waals surface area contributed by atoms with Crippen molar-refractivity contribution in [2.75, 3.05) is 11.9 Å². The number of carbonyl (C=O) groups excluding carboxylic acids is 1. The molecule has 1 aliphatic rings. The fourth-order valence-electron chi connectivity index (χ4n) is 5.12.